The lowest BCUT2D eigenvalue weighted by Gasteiger charge is -2.17. The highest BCUT2D eigenvalue weighted by Gasteiger charge is 2.51. The average molecular weight is 337 g/mol. The summed E-state index contributed by atoms with van der Waals surface area (Å²) in [7, 11) is 0. The standard InChI is InChI=1S/C20H17ClN2O/c1-13-12-18(16-4-2-3-5-17(16)22-13)23-19(24)20(10-11-20)14-6-8-15(21)9-7-14/h2-9,12H,10-11H2,1H3,(H,22,23,24). The molecule has 3 aromatic rings. The van der Waals surface area contributed by atoms with Crippen molar-refractivity contribution in [2.45, 2.75) is 25.2 Å². The van der Waals surface area contributed by atoms with Gasteiger partial charge in [0.2, 0.25) is 5.91 Å². The maximum atomic E-state index is 13.0. The molecule has 120 valence electrons. The van der Waals surface area contributed by atoms with Gasteiger partial charge >= 0.3 is 0 Å². The Kier molecular flexibility index (Phi) is 3.54. The lowest BCUT2D eigenvalue weighted by Crippen LogP contribution is -2.28. The number of rotatable bonds is 3. The van der Waals surface area contributed by atoms with E-state index >= 15 is 0 Å². The van der Waals surface area contributed by atoms with Crippen LogP contribution in [0.5, 0.6) is 0 Å². The fourth-order valence-electron chi connectivity index (χ4n) is 3.19. The average Bonchev–Trinajstić information content (AvgIpc) is 3.37. The van der Waals surface area contributed by atoms with Crippen LogP contribution in [-0.4, -0.2) is 10.9 Å². The Morgan fingerprint density at radius 3 is 2.54 bits per heavy atom. The molecule has 1 heterocycles. The van der Waals surface area contributed by atoms with Gasteiger partial charge in [0.1, 0.15) is 0 Å². The van der Waals surface area contributed by atoms with Crippen LogP contribution in [0, 0.1) is 6.92 Å². The number of aryl methyl sites for hydroxylation is 1. The summed E-state index contributed by atoms with van der Waals surface area (Å²) in [5.74, 6) is 0.0422. The van der Waals surface area contributed by atoms with Crippen molar-refractivity contribution < 1.29 is 4.79 Å². The van der Waals surface area contributed by atoms with E-state index in [0.717, 1.165) is 40.7 Å². The summed E-state index contributed by atoms with van der Waals surface area (Å²) in [4.78, 5) is 17.5. The van der Waals surface area contributed by atoms with Gasteiger partial charge in [0.05, 0.1) is 16.6 Å². The molecule has 3 nitrogen and oxygen atoms in total. The number of aromatic nitrogens is 1. The summed E-state index contributed by atoms with van der Waals surface area (Å²) in [6.45, 7) is 1.94. The molecule has 2 aromatic carbocycles. The predicted octanol–water partition coefficient (Wildman–Crippen LogP) is 4.87. The monoisotopic (exact) mass is 336 g/mol. The molecule has 0 aliphatic heterocycles. The molecule has 0 spiro atoms. The van der Waals surface area contributed by atoms with Crippen LogP contribution in [0.3, 0.4) is 0 Å². The van der Waals surface area contributed by atoms with E-state index in [-0.39, 0.29) is 5.91 Å². The molecule has 1 amide bonds. The van der Waals surface area contributed by atoms with Gasteiger partial charge in [-0.15, -0.1) is 0 Å². The number of fused-ring (bicyclic) bond motifs is 1. The highest BCUT2D eigenvalue weighted by molar-refractivity contribution is 6.30. The summed E-state index contributed by atoms with van der Waals surface area (Å²) in [6, 6.07) is 17.4. The van der Waals surface area contributed by atoms with Crippen molar-refractivity contribution in [2.24, 2.45) is 0 Å². The number of pyridine rings is 1. The van der Waals surface area contributed by atoms with Gasteiger partial charge in [0.25, 0.3) is 0 Å². The maximum absolute atomic E-state index is 13.0. The topological polar surface area (TPSA) is 42.0 Å². The molecule has 1 aliphatic rings. The van der Waals surface area contributed by atoms with E-state index < -0.39 is 5.41 Å². The minimum absolute atomic E-state index is 0.0422. The molecule has 4 rings (SSSR count). The van der Waals surface area contributed by atoms with Crippen molar-refractivity contribution in [2.75, 3.05) is 5.32 Å². The molecule has 1 fully saturated rings. The number of hydrogen-bond donors (Lipinski definition) is 1. The van der Waals surface area contributed by atoms with Crippen molar-refractivity contribution in [3.05, 3.63) is 70.9 Å². The quantitative estimate of drug-likeness (QED) is 0.741. The first kappa shape index (κ1) is 15.2. The number of amides is 1. The Bertz CT molecular complexity index is 930. The lowest BCUT2D eigenvalue weighted by molar-refractivity contribution is -0.118. The molecule has 4 heteroatoms. The minimum Gasteiger partial charge on any atom is -0.325 e. The Balaban J connectivity index is 1.69. The van der Waals surface area contributed by atoms with E-state index in [2.05, 4.69) is 10.3 Å². The largest absolute Gasteiger partial charge is 0.325 e. The van der Waals surface area contributed by atoms with Crippen molar-refractivity contribution in [3.63, 3.8) is 0 Å². The van der Waals surface area contributed by atoms with Gasteiger partial charge in [-0.25, -0.2) is 0 Å². The Hall–Kier alpha value is -2.39. The normalized spacial score (nSPS) is 15.2. The summed E-state index contributed by atoms with van der Waals surface area (Å²) in [5.41, 5.74) is 3.20. The SMILES string of the molecule is Cc1cc(NC(=O)C2(c3ccc(Cl)cc3)CC2)c2ccccc2n1. The maximum Gasteiger partial charge on any atom is 0.235 e. The van der Waals surface area contributed by atoms with Gasteiger partial charge in [0, 0.05) is 16.1 Å². The van der Waals surface area contributed by atoms with Gasteiger partial charge in [-0.3, -0.25) is 9.78 Å². The predicted molar refractivity (Wildman–Crippen MR) is 97.5 cm³/mol. The molecule has 0 atom stereocenters. The zero-order chi connectivity index (χ0) is 16.7. The summed E-state index contributed by atoms with van der Waals surface area (Å²) in [5, 5.41) is 4.78. The van der Waals surface area contributed by atoms with Crippen molar-refractivity contribution in [1.82, 2.24) is 4.98 Å². The number of benzene rings is 2. The van der Waals surface area contributed by atoms with Gasteiger partial charge in [0.15, 0.2) is 0 Å². The summed E-state index contributed by atoms with van der Waals surface area (Å²) in [6.07, 6.45) is 1.73. The molecule has 1 saturated carbocycles. The first-order valence-electron chi connectivity index (χ1n) is 8.02. The van der Waals surface area contributed by atoms with E-state index in [1.54, 1.807) is 0 Å². The molecular weight excluding hydrogens is 320 g/mol. The third-order valence-electron chi connectivity index (χ3n) is 4.67. The van der Waals surface area contributed by atoms with Crippen LogP contribution in [0.4, 0.5) is 5.69 Å². The molecule has 0 radical (unpaired) electrons. The molecule has 1 aliphatic carbocycles. The van der Waals surface area contributed by atoms with Crippen LogP contribution in [0.2, 0.25) is 5.02 Å². The number of halogens is 1. The second-order valence-electron chi connectivity index (χ2n) is 6.37. The molecule has 1 aromatic heterocycles. The molecule has 1 N–H and O–H groups in total. The number of anilines is 1. The van der Waals surface area contributed by atoms with Gasteiger partial charge < -0.3 is 5.32 Å². The number of nitrogens with one attached hydrogen (secondary N) is 1. The van der Waals surface area contributed by atoms with Crippen molar-refractivity contribution in [1.29, 1.82) is 0 Å². The first-order valence-corrected chi connectivity index (χ1v) is 8.40. The number of nitrogens with zero attached hydrogens (tertiary/aromatic N) is 1. The van der Waals surface area contributed by atoms with Crippen LogP contribution in [0.1, 0.15) is 24.1 Å². The Labute approximate surface area is 145 Å². The van der Waals surface area contributed by atoms with Gasteiger partial charge in [-0.2, -0.15) is 0 Å². The van der Waals surface area contributed by atoms with E-state index in [1.807, 2.05) is 61.5 Å². The molecule has 0 bridgehead atoms. The number of hydrogen-bond acceptors (Lipinski definition) is 2. The van der Waals surface area contributed by atoms with Gasteiger partial charge in [-0.05, 0) is 49.6 Å². The molecule has 24 heavy (non-hydrogen) atoms. The van der Waals surface area contributed by atoms with E-state index in [4.69, 9.17) is 11.6 Å². The van der Waals surface area contributed by atoms with E-state index in [1.165, 1.54) is 0 Å². The third-order valence-corrected chi connectivity index (χ3v) is 4.93. The van der Waals surface area contributed by atoms with E-state index in [9.17, 15) is 4.79 Å². The van der Waals surface area contributed by atoms with Crippen LogP contribution < -0.4 is 5.32 Å². The zero-order valence-electron chi connectivity index (χ0n) is 13.3. The minimum atomic E-state index is -0.428. The highest BCUT2D eigenvalue weighted by atomic mass is 35.5. The van der Waals surface area contributed by atoms with Crippen LogP contribution in [-0.2, 0) is 10.2 Å². The molecule has 0 unspecified atom stereocenters. The lowest BCUT2D eigenvalue weighted by atomic mass is 9.95. The summed E-state index contributed by atoms with van der Waals surface area (Å²) >= 11 is 5.97. The smallest absolute Gasteiger partial charge is 0.235 e. The summed E-state index contributed by atoms with van der Waals surface area (Å²) < 4.78 is 0. The number of carbonyl (C=O) groups excluding carboxylic acids is 1. The number of carbonyl (C=O) groups is 1. The zero-order valence-corrected chi connectivity index (χ0v) is 14.1. The molecule has 0 saturated heterocycles. The second-order valence-corrected chi connectivity index (χ2v) is 6.81. The van der Waals surface area contributed by atoms with Crippen LogP contribution in [0.15, 0.2) is 54.6 Å². The third kappa shape index (κ3) is 2.55. The highest BCUT2D eigenvalue weighted by Crippen LogP contribution is 2.49. The fraction of sp³-hybridized carbons (Fsp3) is 0.200. The Morgan fingerprint density at radius 1 is 1.12 bits per heavy atom. The van der Waals surface area contributed by atoms with Gasteiger partial charge in [-0.1, -0.05) is 41.9 Å². The van der Waals surface area contributed by atoms with E-state index in [0.29, 0.717) is 5.02 Å². The molecular formula is C20H17ClN2O. The first-order chi connectivity index (χ1) is 11.6. The van der Waals surface area contributed by atoms with Crippen LogP contribution >= 0.6 is 11.6 Å². The van der Waals surface area contributed by atoms with Crippen molar-refractivity contribution in [3.8, 4) is 0 Å². The van der Waals surface area contributed by atoms with Crippen LogP contribution in [0.25, 0.3) is 10.9 Å². The van der Waals surface area contributed by atoms with Crippen molar-refractivity contribution >= 4 is 34.1 Å². The Morgan fingerprint density at radius 2 is 1.83 bits per heavy atom. The fourth-order valence-corrected chi connectivity index (χ4v) is 3.32. The number of para-hydroxylation sites is 1. The second kappa shape index (κ2) is 5.60.